The average Bonchev–Trinajstić information content (AvgIpc) is 1.55. The number of anilines is 2. The normalized spacial score (nSPS) is 23.4. The topological polar surface area (TPSA) is 542 Å². The standard InChI is InChI=1S/C81H89ClN8O36S/c1-36(30-84-87-83)111-37(2)31-88(12)75(101)48-18-24-57(122-81-73(120-46(11)99)68(117-43(8)96)66(115-41(6)94)70(125-81)78(104)109-15)58(26-48)126-127(105,106)60-28-56-62(54-27-52(107-13)22-23-53(54)60)49(29-82)32-90(56)76(102)55-34-89-33-50(19-25-61(89)86-55)85-74(100)47-16-20-51(21-17-47)121-80-72(119-45(10)98)64(113-39(4)92)63(112-38(3)91)59(123-80)35-110-79-71(118-44(9)97)67(116-42(7)95)65(114-40(5)93)69(124-79)77(103)108-14/h16-28,33-34,36-37,49,59,63-73,79-81H,29-32,35H2,1-15H3,(H,85,100)/t36?,37?,49-,59-,63+,64+,65+,66+,67+,68+,69+,70+,71-,72-,73?,79-,80?,81-/m1/s1. The summed E-state index contributed by atoms with van der Waals surface area (Å²) in [5.41, 5.74) is 9.15. The van der Waals surface area contributed by atoms with Crippen LogP contribution in [0.5, 0.6) is 23.0 Å². The molecule has 682 valence electrons. The molecule has 4 aliphatic rings. The van der Waals surface area contributed by atoms with E-state index in [1.807, 2.05) is 0 Å². The van der Waals surface area contributed by atoms with Crippen molar-refractivity contribution in [2.75, 3.05) is 70.7 Å². The van der Waals surface area contributed by atoms with Gasteiger partial charge < -0.3 is 114 Å². The molecule has 0 saturated carbocycles. The fourth-order valence-corrected chi connectivity index (χ4v) is 15.9. The number of azide groups is 1. The molecule has 3 saturated heterocycles. The summed E-state index contributed by atoms with van der Waals surface area (Å²) >= 11 is 6.74. The van der Waals surface area contributed by atoms with Crippen LogP contribution in [0.3, 0.4) is 0 Å². The fourth-order valence-electron chi connectivity index (χ4n) is 14.5. The quantitative estimate of drug-likeness (QED) is 0.0103. The van der Waals surface area contributed by atoms with Crippen molar-refractivity contribution in [2.24, 2.45) is 5.11 Å². The van der Waals surface area contributed by atoms with Gasteiger partial charge in [0, 0.05) is 134 Å². The second-order valence-corrected chi connectivity index (χ2v) is 30.8. The first-order valence-electron chi connectivity index (χ1n) is 38.7. The first kappa shape index (κ1) is 96.2. The van der Waals surface area contributed by atoms with Crippen LogP contribution in [0.1, 0.15) is 119 Å². The van der Waals surface area contributed by atoms with Gasteiger partial charge in [0.05, 0.1) is 52.4 Å². The number of esters is 11. The van der Waals surface area contributed by atoms with E-state index in [1.54, 1.807) is 13.8 Å². The van der Waals surface area contributed by atoms with Gasteiger partial charge in [-0.05, 0) is 109 Å². The van der Waals surface area contributed by atoms with Gasteiger partial charge in [0.15, 0.2) is 72.7 Å². The second kappa shape index (κ2) is 41.8. The Morgan fingerprint density at radius 3 is 1.61 bits per heavy atom. The maximum Gasteiger partial charge on any atom is 0.340 e. The number of methoxy groups -OCH3 is 3. The third kappa shape index (κ3) is 23.4. The highest BCUT2D eigenvalue weighted by Crippen LogP contribution is 2.48. The number of carbonyl (C=O) groups is 14. The molecule has 10 rings (SSSR count). The average molecular weight is 1820 g/mol. The van der Waals surface area contributed by atoms with Gasteiger partial charge in [-0.3, -0.25) is 57.5 Å². The molecule has 3 amide bonds. The Balaban J connectivity index is 0.938. The van der Waals surface area contributed by atoms with E-state index >= 15 is 13.2 Å². The van der Waals surface area contributed by atoms with E-state index in [0.717, 1.165) is 88.7 Å². The number of imidazole rings is 1. The molecule has 6 heterocycles. The summed E-state index contributed by atoms with van der Waals surface area (Å²) in [6.07, 6.45) is -26.2. The zero-order valence-electron chi connectivity index (χ0n) is 70.7. The van der Waals surface area contributed by atoms with Crippen molar-refractivity contribution in [3.8, 4) is 23.0 Å². The lowest BCUT2D eigenvalue weighted by Crippen LogP contribution is -2.65. The molecule has 0 aliphatic carbocycles. The molecule has 0 radical (unpaired) electrons. The van der Waals surface area contributed by atoms with Crippen LogP contribution < -0.4 is 28.6 Å². The highest BCUT2D eigenvalue weighted by Gasteiger charge is 2.59. The van der Waals surface area contributed by atoms with Gasteiger partial charge in [-0.1, -0.05) is 5.11 Å². The van der Waals surface area contributed by atoms with Crippen LogP contribution in [-0.4, -0.2) is 271 Å². The number of rotatable bonds is 33. The number of halogens is 1. The number of pyridine rings is 1. The Kier molecular flexibility index (Phi) is 31.7. The Bertz CT molecular complexity index is 5400. The molecule has 2 aromatic heterocycles. The molecule has 3 fully saturated rings. The summed E-state index contributed by atoms with van der Waals surface area (Å²) in [5.74, 6) is -15.7. The van der Waals surface area contributed by atoms with Crippen LogP contribution in [-0.2, 0) is 139 Å². The molecule has 0 bridgehead atoms. The zero-order chi connectivity index (χ0) is 92.9. The van der Waals surface area contributed by atoms with Crippen LogP contribution in [0.4, 0.5) is 11.4 Å². The number of alkyl halides is 1. The summed E-state index contributed by atoms with van der Waals surface area (Å²) in [6, 6.07) is 17.0. The van der Waals surface area contributed by atoms with Crippen LogP contribution in [0.15, 0.2) is 101 Å². The van der Waals surface area contributed by atoms with E-state index < -0.39 is 227 Å². The van der Waals surface area contributed by atoms with Gasteiger partial charge in [-0.15, -0.1) is 11.6 Å². The van der Waals surface area contributed by atoms with Crippen molar-refractivity contribution < 1.29 is 170 Å². The largest absolute Gasteiger partial charge is 0.497 e. The minimum absolute atomic E-state index is 0.000672. The van der Waals surface area contributed by atoms with Crippen molar-refractivity contribution >= 4 is 133 Å². The molecule has 18 atom stereocenters. The number of ether oxygens (including phenoxy) is 19. The smallest absolute Gasteiger partial charge is 0.340 e. The lowest BCUT2D eigenvalue weighted by Gasteiger charge is -2.45. The SMILES string of the molecule is COC(=O)[C@H]1O[C@@H](Oc2ccc(C(=O)N(C)CC(C)OC(C)CN=[N+]=[N-])cc2OS(=O)(=O)c2cc3c(c4cc(OC)ccc24)[C@H](CCl)CN3C(=O)c2cn3cc(NC(=O)c4ccc(OC5O[C@H](CO[C@@H]6O[C@H](C(=O)OC)[C@@H](OC(C)=O)[C@H](OC(C)=O)[C@H]6OC(C)=O)[C@H](OC(C)=O)[C@H](OC(C)=O)[C@H]5OC(C)=O)cc4)ccc3n2)C(OC(C)=O)[C@@H](OC(C)=O)[C@@H]1OC(C)=O. The number of fused-ring (bicyclic) bond motifs is 4. The Hall–Kier alpha value is -13.0. The molecular formula is C81H89ClN8O36S. The zero-order valence-corrected chi connectivity index (χ0v) is 72.3. The summed E-state index contributed by atoms with van der Waals surface area (Å²) in [4.78, 5) is 194. The number of aromatic nitrogens is 2. The van der Waals surface area contributed by atoms with Gasteiger partial charge in [0.2, 0.25) is 24.8 Å². The predicted molar refractivity (Wildman–Crippen MR) is 428 cm³/mol. The Morgan fingerprint density at radius 2 is 1.08 bits per heavy atom. The monoisotopic (exact) mass is 1820 g/mol. The molecule has 4 aliphatic heterocycles. The first-order chi connectivity index (χ1) is 60.1. The van der Waals surface area contributed by atoms with Crippen molar-refractivity contribution in [1.82, 2.24) is 14.3 Å². The molecule has 6 aromatic rings. The van der Waals surface area contributed by atoms with Crippen LogP contribution in [0.2, 0.25) is 0 Å². The van der Waals surface area contributed by atoms with E-state index in [1.165, 1.54) is 107 Å². The van der Waals surface area contributed by atoms with Gasteiger partial charge in [0.25, 0.3) is 17.7 Å². The van der Waals surface area contributed by atoms with E-state index in [-0.39, 0.29) is 81.6 Å². The van der Waals surface area contributed by atoms with Crippen LogP contribution in [0, 0.1) is 0 Å². The van der Waals surface area contributed by atoms with Crippen LogP contribution in [0.25, 0.3) is 26.9 Å². The molecule has 46 heteroatoms. The number of carbonyl (C=O) groups excluding carboxylic acids is 14. The van der Waals surface area contributed by atoms with Crippen LogP contribution >= 0.6 is 11.6 Å². The predicted octanol–water partition coefficient (Wildman–Crippen LogP) is 5.36. The molecule has 1 N–H and O–H groups in total. The molecule has 0 spiro atoms. The molecule has 44 nitrogen and oxygen atoms in total. The van der Waals surface area contributed by atoms with Crippen molar-refractivity contribution in [3.05, 3.63) is 124 Å². The van der Waals surface area contributed by atoms with Gasteiger partial charge in [-0.2, -0.15) is 8.42 Å². The summed E-state index contributed by atoms with van der Waals surface area (Å²) in [5, 5.41) is 6.50. The number of hydrogen-bond acceptors (Lipinski definition) is 38. The summed E-state index contributed by atoms with van der Waals surface area (Å²) < 4.78 is 147. The van der Waals surface area contributed by atoms with E-state index in [4.69, 9.17) is 111 Å². The highest BCUT2D eigenvalue weighted by molar-refractivity contribution is 7.87. The van der Waals surface area contributed by atoms with Gasteiger partial charge in [0.1, 0.15) is 33.8 Å². The minimum Gasteiger partial charge on any atom is -0.497 e. The van der Waals surface area contributed by atoms with E-state index in [0.29, 0.717) is 5.56 Å². The number of nitrogens with one attached hydrogen (secondary N) is 1. The lowest BCUT2D eigenvalue weighted by atomic mass is 9.95. The lowest BCUT2D eigenvalue weighted by molar-refractivity contribution is -0.323. The van der Waals surface area contributed by atoms with Gasteiger partial charge >= 0.3 is 75.8 Å². The number of nitrogens with zero attached hydrogens (tertiary/aromatic N) is 7. The first-order valence-corrected chi connectivity index (χ1v) is 40.6. The summed E-state index contributed by atoms with van der Waals surface area (Å²) in [7, 11) is -0.650. The molecule has 127 heavy (non-hydrogen) atoms. The summed E-state index contributed by atoms with van der Waals surface area (Å²) in [6.45, 7) is 11.0. The molecular weight excluding hydrogens is 1730 g/mol. The maximum absolute atomic E-state index is 15.7. The number of likely N-dealkylation sites (N-methyl/N-ethyl adjacent to an activating group) is 1. The molecule has 4 aromatic carbocycles. The third-order valence-electron chi connectivity index (χ3n) is 19.4. The highest BCUT2D eigenvalue weighted by atomic mass is 35.5. The van der Waals surface area contributed by atoms with Crippen molar-refractivity contribution in [1.29, 1.82) is 0 Å². The number of hydrogen-bond donors (Lipinski definition) is 1. The maximum atomic E-state index is 15.7. The minimum atomic E-state index is -5.34. The van der Waals surface area contributed by atoms with Crippen molar-refractivity contribution in [3.63, 3.8) is 0 Å². The number of benzene rings is 4. The van der Waals surface area contributed by atoms with E-state index in [9.17, 15) is 62.3 Å². The number of amides is 3. The van der Waals surface area contributed by atoms with Crippen molar-refractivity contribution in [2.45, 2.75) is 191 Å². The third-order valence-corrected chi connectivity index (χ3v) is 21.0. The van der Waals surface area contributed by atoms with Gasteiger partial charge in [-0.25, -0.2) is 14.6 Å². The Morgan fingerprint density at radius 1 is 0.575 bits per heavy atom. The fraction of sp³-hybridized carbons (Fsp3) is 0.469. The molecule has 4 unspecified atom stereocenters. The Labute approximate surface area is 727 Å². The second-order valence-electron chi connectivity index (χ2n) is 29.0. The van der Waals surface area contributed by atoms with E-state index in [2.05, 4.69) is 20.3 Å².